The Bertz CT molecular complexity index is 885. The number of methoxy groups -OCH3 is 3. The van der Waals surface area contributed by atoms with Gasteiger partial charge in [-0.05, 0) is 24.3 Å². The van der Waals surface area contributed by atoms with Crippen LogP contribution in [0.1, 0.15) is 10.4 Å². The molecule has 0 radical (unpaired) electrons. The van der Waals surface area contributed by atoms with Gasteiger partial charge in [0.05, 0.1) is 21.3 Å². The monoisotopic (exact) mass is 344 g/mol. The SMILES string of the molecule is COc1cc(C(=O)NNc2ccc3nncn3n2)cc(OC)c1OC. The number of nitrogens with zero attached hydrogens (tertiary/aromatic N) is 4. The zero-order valence-electron chi connectivity index (χ0n) is 13.8. The van der Waals surface area contributed by atoms with Crippen LogP contribution in [0.5, 0.6) is 17.2 Å². The fourth-order valence-corrected chi connectivity index (χ4v) is 2.20. The van der Waals surface area contributed by atoms with Crippen molar-refractivity contribution >= 4 is 17.4 Å². The van der Waals surface area contributed by atoms with Crippen LogP contribution in [0, 0.1) is 0 Å². The van der Waals surface area contributed by atoms with Crippen LogP contribution in [0.25, 0.3) is 5.65 Å². The molecule has 25 heavy (non-hydrogen) atoms. The smallest absolute Gasteiger partial charge is 0.269 e. The third-order valence-electron chi connectivity index (χ3n) is 3.39. The van der Waals surface area contributed by atoms with Gasteiger partial charge >= 0.3 is 0 Å². The molecular formula is C15H16N6O4. The van der Waals surface area contributed by atoms with Gasteiger partial charge in [-0.2, -0.15) is 4.52 Å². The highest BCUT2D eigenvalue weighted by atomic mass is 16.5. The van der Waals surface area contributed by atoms with Gasteiger partial charge in [0.25, 0.3) is 5.91 Å². The second kappa shape index (κ2) is 6.91. The number of hydrogen-bond donors (Lipinski definition) is 2. The maximum atomic E-state index is 12.4. The van der Waals surface area contributed by atoms with Crippen molar-refractivity contribution in [2.45, 2.75) is 0 Å². The van der Waals surface area contributed by atoms with Crippen molar-refractivity contribution in [1.29, 1.82) is 0 Å². The maximum absolute atomic E-state index is 12.4. The van der Waals surface area contributed by atoms with Crippen molar-refractivity contribution < 1.29 is 19.0 Å². The molecule has 0 fully saturated rings. The Morgan fingerprint density at radius 2 is 1.80 bits per heavy atom. The first-order valence-electron chi connectivity index (χ1n) is 7.19. The number of carbonyl (C=O) groups excluding carboxylic acids is 1. The standard InChI is InChI=1S/C15H16N6O4/c1-23-10-6-9(7-11(24-2)14(10)25-3)15(22)19-17-12-4-5-13-18-16-8-21(13)20-12/h4-8H,1-3H3,(H,17,20)(H,19,22). The number of carbonyl (C=O) groups is 1. The molecule has 1 aromatic carbocycles. The highest BCUT2D eigenvalue weighted by Gasteiger charge is 2.17. The van der Waals surface area contributed by atoms with Gasteiger partial charge in [0.1, 0.15) is 6.33 Å². The van der Waals surface area contributed by atoms with E-state index in [0.717, 1.165) is 0 Å². The summed E-state index contributed by atoms with van der Waals surface area (Å²) in [5, 5.41) is 11.8. The lowest BCUT2D eigenvalue weighted by molar-refractivity contribution is 0.0961. The molecule has 1 amide bonds. The lowest BCUT2D eigenvalue weighted by atomic mass is 10.1. The number of benzene rings is 1. The number of hydrazine groups is 1. The summed E-state index contributed by atoms with van der Waals surface area (Å²) in [6, 6.07) is 6.48. The number of fused-ring (bicyclic) bond motifs is 1. The molecule has 2 aromatic heterocycles. The van der Waals surface area contributed by atoms with Crippen LogP contribution in [0.15, 0.2) is 30.6 Å². The minimum atomic E-state index is -0.398. The number of amides is 1. The summed E-state index contributed by atoms with van der Waals surface area (Å²) in [4.78, 5) is 12.4. The summed E-state index contributed by atoms with van der Waals surface area (Å²) < 4.78 is 17.2. The van der Waals surface area contributed by atoms with E-state index in [4.69, 9.17) is 14.2 Å². The highest BCUT2D eigenvalue weighted by Crippen LogP contribution is 2.38. The molecule has 130 valence electrons. The number of hydrogen-bond acceptors (Lipinski definition) is 8. The summed E-state index contributed by atoms with van der Waals surface area (Å²) in [5.41, 5.74) is 6.21. The van der Waals surface area contributed by atoms with E-state index in [1.807, 2.05) is 0 Å². The molecule has 3 aromatic rings. The molecule has 0 atom stereocenters. The van der Waals surface area contributed by atoms with E-state index >= 15 is 0 Å². The van der Waals surface area contributed by atoms with Crippen molar-refractivity contribution in [3.05, 3.63) is 36.2 Å². The number of rotatable bonds is 6. The first-order valence-corrected chi connectivity index (χ1v) is 7.19. The molecule has 2 heterocycles. The van der Waals surface area contributed by atoms with Crippen molar-refractivity contribution in [3.63, 3.8) is 0 Å². The first kappa shape index (κ1) is 16.3. The van der Waals surface area contributed by atoms with Gasteiger partial charge in [0.2, 0.25) is 5.75 Å². The van der Waals surface area contributed by atoms with Crippen LogP contribution in [-0.2, 0) is 0 Å². The van der Waals surface area contributed by atoms with Crippen LogP contribution in [-0.4, -0.2) is 47.0 Å². The van der Waals surface area contributed by atoms with Gasteiger partial charge in [-0.15, -0.1) is 15.3 Å². The van der Waals surface area contributed by atoms with E-state index in [2.05, 4.69) is 26.1 Å². The molecule has 10 heteroatoms. The molecule has 0 aliphatic heterocycles. The van der Waals surface area contributed by atoms with E-state index in [0.29, 0.717) is 34.3 Å². The van der Waals surface area contributed by atoms with Gasteiger partial charge in [0, 0.05) is 5.56 Å². The molecule has 3 rings (SSSR count). The second-order valence-electron chi connectivity index (χ2n) is 4.85. The van der Waals surface area contributed by atoms with Crippen LogP contribution < -0.4 is 25.1 Å². The van der Waals surface area contributed by atoms with E-state index in [9.17, 15) is 4.79 Å². The Balaban J connectivity index is 1.78. The second-order valence-corrected chi connectivity index (χ2v) is 4.85. The van der Waals surface area contributed by atoms with Crippen LogP contribution >= 0.6 is 0 Å². The predicted molar refractivity (Wildman–Crippen MR) is 88.0 cm³/mol. The molecule has 10 nitrogen and oxygen atoms in total. The molecule has 0 spiro atoms. The Morgan fingerprint density at radius 1 is 1.08 bits per heavy atom. The summed E-state index contributed by atoms with van der Waals surface area (Å²) in [6.45, 7) is 0. The molecule has 2 N–H and O–H groups in total. The average molecular weight is 344 g/mol. The zero-order valence-corrected chi connectivity index (χ0v) is 13.8. The predicted octanol–water partition coefficient (Wildman–Crippen LogP) is 0.907. The van der Waals surface area contributed by atoms with Gasteiger partial charge < -0.3 is 14.2 Å². The fourth-order valence-electron chi connectivity index (χ4n) is 2.20. The summed E-state index contributed by atoms with van der Waals surface area (Å²) >= 11 is 0. The van der Waals surface area contributed by atoms with Crippen LogP contribution in [0.4, 0.5) is 5.82 Å². The van der Waals surface area contributed by atoms with Gasteiger partial charge in [-0.1, -0.05) is 0 Å². The zero-order chi connectivity index (χ0) is 17.8. The number of ether oxygens (including phenoxy) is 3. The number of anilines is 1. The molecule has 0 aliphatic carbocycles. The van der Waals surface area contributed by atoms with Crippen molar-refractivity contribution in [3.8, 4) is 17.2 Å². The molecule has 0 bridgehead atoms. The summed E-state index contributed by atoms with van der Waals surface area (Å²) in [5.74, 6) is 1.21. The highest BCUT2D eigenvalue weighted by molar-refractivity contribution is 5.96. The Morgan fingerprint density at radius 3 is 2.44 bits per heavy atom. The minimum absolute atomic E-state index is 0.326. The van der Waals surface area contributed by atoms with E-state index in [1.54, 1.807) is 24.3 Å². The van der Waals surface area contributed by atoms with Gasteiger partial charge in [-0.25, -0.2) is 0 Å². The number of aromatic nitrogens is 4. The Labute approximate surface area is 142 Å². The van der Waals surface area contributed by atoms with Crippen molar-refractivity contribution in [1.82, 2.24) is 25.2 Å². The van der Waals surface area contributed by atoms with Crippen LogP contribution in [0.3, 0.4) is 0 Å². The average Bonchev–Trinajstić information content (AvgIpc) is 3.12. The Hall–Kier alpha value is -3.56. The van der Waals surface area contributed by atoms with Gasteiger partial charge in [-0.3, -0.25) is 15.6 Å². The van der Waals surface area contributed by atoms with Crippen molar-refractivity contribution in [2.24, 2.45) is 0 Å². The third-order valence-corrected chi connectivity index (χ3v) is 3.39. The van der Waals surface area contributed by atoms with E-state index in [1.165, 1.54) is 32.2 Å². The quantitative estimate of drug-likeness (QED) is 0.635. The fraction of sp³-hybridized carbons (Fsp3) is 0.200. The van der Waals surface area contributed by atoms with Crippen molar-refractivity contribution in [2.75, 3.05) is 26.8 Å². The Kier molecular flexibility index (Phi) is 4.50. The molecule has 0 saturated carbocycles. The normalized spacial score (nSPS) is 10.4. The number of nitrogens with one attached hydrogen (secondary N) is 2. The molecular weight excluding hydrogens is 328 g/mol. The largest absolute Gasteiger partial charge is 0.493 e. The molecule has 0 saturated heterocycles. The summed E-state index contributed by atoms with van der Waals surface area (Å²) in [7, 11) is 4.46. The minimum Gasteiger partial charge on any atom is -0.493 e. The van der Waals surface area contributed by atoms with E-state index in [-0.39, 0.29) is 0 Å². The van der Waals surface area contributed by atoms with Crippen LogP contribution in [0.2, 0.25) is 0 Å². The van der Waals surface area contributed by atoms with Gasteiger partial charge in [0.15, 0.2) is 23.0 Å². The van der Waals surface area contributed by atoms with E-state index < -0.39 is 5.91 Å². The maximum Gasteiger partial charge on any atom is 0.269 e. The topological polar surface area (TPSA) is 112 Å². The molecule has 0 aliphatic rings. The lowest BCUT2D eigenvalue weighted by Gasteiger charge is -2.14. The first-order chi connectivity index (χ1) is 12.2. The molecule has 0 unspecified atom stereocenters. The lowest BCUT2D eigenvalue weighted by Crippen LogP contribution is -2.30. The summed E-state index contributed by atoms with van der Waals surface area (Å²) in [6.07, 6.45) is 1.46. The third kappa shape index (κ3) is 3.22.